The number of carboxylic acid groups (broad SMARTS) is 1. The molecule has 0 aromatic heterocycles. The molecule has 3 atom stereocenters. The van der Waals surface area contributed by atoms with Crippen LogP contribution in [0.4, 0.5) is 5.69 Å². The molecule has 1 saturated heterocycles. The zero-order chi connectivity index (χ0) is 22.5. The second kappa shape index (κ2) is 9.40. The van der Waals surface area contributed by atoms with E-state index in [1.54, 1.807) is 14.1 Å². The first kappa shape index (κ1) is 22.0. The molecule has 3 rings (SSSR count). The Labute approximate surface area is 179 Å². The van der Waals surface area contributed by atoms with Gasteiger partial charge in [0.05, 0.1) is 5.56 Å². The summed E-state index contributed by atoms with van der Waals surface area (Å²) in [5, 5.41) is 14.2. The monoisotopic (exact) mass is 425 g/mol. The van der Waals surface area contributed by atoms with Crippen LogP contribution in [0.5, 0.6) is 0 Å². The second-order valence-corrected chi connectivity index (χ2v) is 7.33. The number of hydrogen-bond acceptors (Lipinski definition) is 5. The van der Waals surface area contributed by atoms with Crippen LogP contribution < -0.4 is 10.6 Å². The van der Waals surface area contributed by atoms with E-state index in [-0.39, 0.29) is 11.5 Å². The molecule has 0 bridgehead atoms. The predicted octanol–water partition coefficient (Wildman–Crippen LogP) is 0.906. The number of aromatic carboxylic acids is 1. The van der Waals surface area contributed by atoms with Gasteiger partial charge in [0, 0.05) is 26.2 Å². The van der Waals surface area contributed by atoms with Gasteiger partial charge in [-0.1, -0.05) is 30.3 Å². The summed E-state index contributed by atoms with van der Waals surface area (Å²) in [4.78, 5) is 49.7. The van der Waals surface area contributed by atoms with Crippen LogP contribution in [0.1, 0.15) is 15.9 Å². The van der Waals surface area contributed by atoms with Gasteiger partial charge in [-0.15, -0.1) is 0 Å². The topological polar surface area (TPSA) is 128 Å². The molecule has 0 aliphatic carbocycles. The Kier molecular flexibility index (Phi) is 6.66. The van der Waals surface area contributed by atoms with Crippen molar-refractivity contribution in [3.63, 3.8) is 0 Å². The number of nitrogens with zero attached hydrogens (tertiary/aromatic N) is 1. The minimum Gasteiger partial charge on any atom is -0.478 e. The summed E-state index contributed by atoms with van der Waals surface area (Å²) in [6, 6.07) is 14.1. The number of nitrogens with one attached hydrogen (secondary N) is 2. The van der Waals surface area contributed by atoms with Gasteiger partial charge in [0.25, 0.3) is 11.8 Å². The summed E-state index contributed by atoms with van der Waals surface area (Å²) in [6.07, 6.45) is -1.67. The highest BCUT2D eigenvalue weighted by atomic mass is 16.6. The number of ether oxygens (including phenoxy) is 1. The minimum atomic E-state index is -1.07. The number of anilines is 1. The lowest BCUT2D eigenvalue weighted by Gasteiger charge is -2.21. The molecule has 1 aliphatic rings. The fraction of sp³-hybridized carbons (Fsp3) is 0.273. The van der Waals surface area contributed by atoms with Crippen LogP contribution in [0, 0.1) is 0 Å². The first-order chi connectivity index (χ1) is 14.8. The van der Waals surface area contributed by atoms with Crippen molar-refractivity contribution in [1.82, 2.24) is 10.2 Å². The molecule has 9 heteroatoms. The Bertz CT molecular complexity index is 975. The summed E-state index contributed by atoms with van der Waals surface area (Å²) in [5.41, 5.74) is 1.36. The molecular weight excluding hydrogens is 402 g/mol. The van der Waals surface area contributed by atoms with E-state index in [2.05, 4.69) is 10.6 Å². The number of carboxylic acids is 1. The largest absolute Gasteiger partial charge is 0.478 e. The molecule has 0 spiro atoms. The van der Waals surface area contributed by atoms with Crippen molar-refractivity contribution in [2.75, 3.05) is 19.4 Å². The van der Waals surface area contributed by atoms with Gasteiger partial charge in [0.15, 0.2) is 12.2 Å². The Morgan fingerprint density at radius 3 is 2.16 bits per heavy atom. The summed E-state index contributed by atoms with van der Waals surface area (Å²) in [5.74, 6) is -2.41. The van der Waals surface area contributed by atoms with Crippen molar-refractivity contribution in [3.8, 4) is 0 Å². The summed E-state index contributed by atoms with van der Waals surface area (Å²) >= 11 is 0. The lowest BCUT2D eigenvalue weighted by molar-refractivity contribution is -0.134. The van der Waals surface area contributed by atoms with Gasteiger partial charge in [-0.3, -0.25) is 14.4 Å². The maximum absolute atomic E-state index is 12.6. The van der Waals surface area contributed by atoms with Crippen LogP contribution in [-0.4, -0.2) is 66.0 Å². The molecule has 3 N–H and O–H groups in total. The lowest BCUT2D eigenvalue weighted by atomic mass is 10.0. The number of amides is 3. The zero-order valence-electron chi connectivity index (χ0n) is 17.1. The fourth-order valence-corrected chi connectivity index (χ4v) is 3.04. The third-order valence-electron chi connectivity index (χ3n) is 4.75. The van der Waals surface area contributed by atoms with Gasteiger partial charge >= 0.3 is 5.97 Å². The van der Waals surface area contributed by atoms with Crippen molar-refractivity contribution < 1.29 is 29.0 Å². The predicted molar refractivity (Wildman–Crippen MR) is 111 cm³/mol. The number of epoxide rings is 1. The van der Waals surface area contributed by atoms with E-state index < -0.39 is 36.0 Å². The molecule has 9 nitrogen and oxygen atoms in total. The SMILES string of the molecule is CN(C)C(=O)[C@H](Cc1ccccc1)NC(=O)[C@H]1O[C@@H]1C(=O)Nc1ccc(C(=O)O)cc1. The quantitative estimate of drug-likeness (QED) is 0.539. The number of hydrogen-bond donors (Lipinski definition) is 3. The van der Waals surface area contributed by atoms with Gasteiger partial charge in [-0.2, -0.15) is 0 Å². The Morgan fingerprint density at radius 2 is 1.58 bits per heavy atom. The molecular formula is C22H23N3O6. The van der Waals surface area contributed by atoms with Crippen LogP contribution in [-0.2, 0) is 25.5 Å². The molecule has 1 fully saturated rings. The maximum Gasteiger partial charge on any atom is 0.335 e. The summed E-state index contributed by atoms with van der Waals surface area (Å²) in [6.45, 7) is 0. The standard InChI is InChI=1S/C22H23N3O6/c1-25(2)21(28)16(12-13-6-4-3-5-7-13)24-20(27)18-17(31-18)19(26)23-15-10-8-14(9-11-15)22(29)30/h3-11,16-18H,12H2,1-2H3,(H,23,26)(H,24,27)(H,29,30)/t16-,17-,18-/m0/s1. The Balaban J connectivity index is 1.58. The van der Waals surface area contributed by atoms with Crippen LogP contribution >= 0.6 is 0 Å². The maximum atomic E-state index is 12.6. The first-order valence-corrected chi connectivity index (χ1v) is 9.61. The third-order valence-corrected chi connectivity index (χ3v) is 4.75. The molecule has 2 aromatic rings. The average Bonchev–Trinajstić information content (AvgIpc) is 3.55. The first-order valence-electron chi connectivity index (χ1n) is 9.61. The van der Waals surface area contributed by atoms with Crippen molar-refractivity contribution in [2.45, 2.75) is 24.7 Å². The summed E-state index contributed by atoms with van der Waals surface area (Å²) < 4.78 is 5.22. The normalized spacial score (nSPS) is 17.9. The summed E-state index contributed by atoms with van der Waals surface area (Å²) in [7, 11) is 3.21. The highest BCUT2D eigenvalue weighted by molar-refractivity contribution is 6.02. The average molecular weight is 425 g/mol. The molecule has 1 heterocycles. The van der Waals surface area contributed by atoms with Crippen LogP contribution in [0.2, 0.25) is 0 Å². The molecule has 1 aliphatic heterocycles. The number of carbonyl (C=O) groups is 4. The lowest BCUT2D eigenvalue weighted by Crippen LogP contribution is -2.49. The van der Waals surface area contributed by atoms with Crippen LogP contribution in [0.15, 0.2) is 54.6 Å². The van der Waals surface area contributed by atoms with E-state index in [4.69, 9.17) is 9.84 Å². The molecule has 2 aromatic carbocycles. The van der Waals surface area contributed by atoms with Crippen LogP contribution in [0.3, 0.4) is 0 Å². The van der Waals surface area contributed by atoms with Crippen molar-refractivity contribution in [3.05, 3.63) is 65.7 Å². The number of rotatable bonds is 8. The molecule has 0 radical (unpaired) electrons. The van der Waals surface area contributed by atoms with Crippen molar-refractivity contribution in [2.24, 2.45) is 0 Å². The highest BCUT2D eigenvalue weighted by Gasteiger charge is 2.51. The molecule has 31 heavy (non-hydrogen) atoms. The Morgan fingerprint density at radius 1 is 0.968 bits per heavy atom. The van der Waals surface area contributed by atoms with Gasteiger partial charge in [-0.05, 0) is 29.8 Å². The van der Waals surface area contributed by atoms with E-state index in [9.17, 15) is 19.2 Å². The van der Waals surface area contributed by atoms with E-state index in [1.165, 1.54) is 29.2 Å². The highest BCUT2D eigenvalue weighted by Crippen LogP contribution is 2.24. The fourth-order valence-electron chi connectivity index (χ4n) is 3.04. The van der Waals surface area contributed by atoms with Crippen LogP contribution in [0.25, 0.3) is 0 Å². The number of carbonyl (C=O) groups excluding carboxylic acids is 3. The van der Waals surface area contributed by atoms with Gasteiger partial charge in [0.1, 0.15) is 6.04 Å². The smallest absolute Gasteiger partial charge is 0.335 e. The van der Waals surface area contributed by atoms with Gasteiger partial charge in [-0.25, -0.2) is 4.79 Å². The molecule has 0 saturated carbocycles. The molecule has 162 valence electrons. The van der Waals surface area contributed by atoms with E-state index in [0.717, 1.165) is 5.56 Å². The minimum absolute atomic E-state index is 0.0907. The third kappa shape index (κ3) is 5.67. The zero-order valence-corrected chi connectivity index (χ0v) is 17.1. The van der Waals surface area contributed by atoms with Crippen molar-refractivity contribution >= 4 is 29.4 Å². The van der Waals surface area contributed by atoms with Gasteiger partial charge < -0.3 is 25.4 Å². The molecule has 0 unspecified atom stereocenters. The van der Waals surface area contributed by atoms with Crippen molar-refractivity contribution in [1.29, 1.82) is 0 Å². The van der Waals surface area contributed by atoms with E-state index >= 15 is 0 Å². The second-order valence-electron chi connectivity index (χ2n) is 7.33. The van der Waals surface area contributed by atoms with E-state index in [0.29, 0.717) is 12.1 Å². The molecule has 3 amide bonds. The number of benzene rings is 2. The van der Waals surface area contributed by atoms with E-state index in [1.807, 2.05) is 30.3 Å². The van der Waals surface area contributed by atoms with Gasteiger partial charge in [0.2, 0.25) is 5.91 Å². The number of likely N-dealkylation sites (N-methyl/N-ethyl adjacent to an activating group) is 1. The Hall–Kier alpha value is -3.72.